The van der Waals surface area contributed by atoms with Gasteiger partial charge in [-0.15, -0.1) is 0 Å². The molecule has 0 amide bonds. The van der Waals surface area contributed by atoms with E-state index in [1.165, 1.54) is 0 Å². The van der Waals surface area contributed by atoms with Gasteiger partial charge in [0.1, 0.15) is 5.82 Å². The quantitative estimate of drug-likeness (QED) is 0.404. The number of hydrogen-bond donors (Lipinski definition) is 0. The molecule has 0 unspecified atom stereocenters. The number of rotatable bonds is 3. The Morgan fingerprint density at radius 1 is 1.54 bits per heavy atom. The van der Waals surface area contributed by atoms with Crippen molar-refractivity contribution in [3.63, 3.8) is 0 Å². The van der Waals surface area contributed by atoms with Crippen molar-refractivity contribution >= 4 is 12.2 Å². The SMILES string of the molecule is O=COc1cc(F)ccc1[N+](=O)[O-]. The second kappa shape index (κ2) is 3.61. The molecule has 1 aromatic rings. The van der Waals surface area contributed by atoms with Gasteiger partial charge in [0.2, 0.25) is 5.75 Å². The average Bonchev–Trinajstić information content (AvgIpc) is 2.04. The summed E-state index contributed by atoms with van der Waals surface area (Å²) in [7, 11) is 0. The fourth-order valence-electron chi connectivity index (χ4n) is 0.785. The van der Waals surface area contributed by atoms with Crippen LogP contribution in [-0.4, -0.2) is 11.4 Å². The van der Waals surface area contributed by atoms with Crippen LogP contribution in [0.2, 0.25) is 0 Å². The van der Waals surface area contributed by atoms with Crippen LogP contribution in [-0.2, 0) is 4.79 Å². The van der Waals surface area contributed by atoms with Gasteiger partial charge in [-0.05, 0) is 6.07 Å². The van der Waals surface area contributed by atoms with Crippen LogP contribution in [0.5, 0.6) is 5.75 Å². The molecule has 1 rings (SSSR count). The number of nitrogens with zero attached hydrogens (tertiary/aromatic N) is 1. The predicted octanol–water partition coefficient (Wildman–Crippen LogP) is 1.27. The van der Waals surface area contributed by atoms with E-state index in [0.29, 0.717) is 0 Å². The highest BCUT2D eigenvalue weighted by molar-refractivity contribution is 5.54. The number of carbonyl (C=O) groups is 1. The predicted molar refractivity (Wildman–Crippen MR) is 39.7 cm³/mol. The third-order valence-corrected chi connectivity index (χ3v) is 1.29. The second-order valence-corrected chi connectivity index (χ2v) is 2.08. The molecule has 5 nitrogen and oxygen atoms in total. The molecule has 0 spiro atoms. The Kier molecular flexibility index (Phi) is 2.53. The lowest BCUT2D eigenvalue weighted by atomic mass is 10.3. The van der Waals surface area contributed by atoms with Gasteiger partial charge in [0.05, 0.1) is 4.92 Å². The van der Waals surface area contributed by atoms with Crippen molar-refractivity contribution in [2.24, 2.45) is 0 Å². The fraction of sp³-hybridized carbons (Fsp3) is 0. The zero-order chi connectivity index (χ0) is 9.84. The summed E-state index contributed by atoms with van der Waals surface area (Å²) in [4.78, 5) is 19.4. The van der Waals surface area contributed by atoms with Gasteiger partial charge in [-0.2, -0.15) is 0 Å². The number of halogens is 1. The Labute approximate surface area is 71.9 Å². The molecule has 68 valence electrons. The summed E-state index contributed by atoms with van der Waals surface area (Å²) in [6.07, 6.45) is 0. The zero-order valence-corrected chi connectivity index (χ0v) is 6.27. The van der Waals surface area contributed by atoms with E-state index < -0.39 is 22.2 Å². The lowest BCUT2D eigenvalue weighted by Crippen LogP contribution is -1.96. The first-order valence-corrected chi connectivity index (χ1v) is 3.19. The maximum Gasteiger partial charge on any atom is 0.311 e. The molecular weight excluding hydrogens is 181 g/mol. The van der Waals surface area contributed by atoms with E-state index in [4.69, 9.17) is 0 Å². The molecule has 0 saturated heterocycles. The summed E-state index contributed by atoms with van der Waals surface area (Å²) in [5, 5.41) is 10.3. The highest BCUT2D eigenvalue weighted by Crippen LogP contribution is 2.26. The van der Waals surface area contributed by atoms with Crippen molar-refractivity contribution in [2.45, 2.75) is 0 Å². The second-order valence-electron chi connectivity index (χ2n) is 2.08. The van der Waals surface area contributed by atoms with Gasteiger partial charge in [-0.25, -0.2) is 4.39 Å². The van der Waals surface area contributed by atoms with Gasteiger partial charge in [0, 0.05) is 12.1 Å². The van der Waals surface area contributed by atoms with Crippen molar-refractivity contribution in [3.8, 4) is 5.75 Å². The topological polar surface area (TPSA) is 69.4 Å². The molecular formula is C7H4FNO4. The monoisotopic (exact) mass is 185 g/mol. The van der Waals surface area contributed by atoms with Crippen LogP contribution in [0.4, 0.5) is 10.1 Å². The van der Waals surface area contributed by atoms with Gasteiger partial charge in [-0.1, -0.05) is 0 Å². The van der Waals surface area contributed by atoms with Crippen LogP contribution in [0.15, 0.2) is 18.2 Å². The van der Waals surface area contributed by atoms with Gasteiger partial charge >= 0.3 is 5.69 Å². The van der Waals surface area contributed by atoms with Gasteiger partial charge in [0.15, 0.2) is 0 Å². The average molecular weight is 185 g/mol. The Hall–Kier alpha value is -1.98. The van der Waals surface area contributed by atoms with Crippen LogP contribution >= 0.6 is 0 Å². The van der Waals surface area contributed by atoms with Gasteiger partial charge < -0.3 is 4.74 Å². The third kappa shape index (κ3) is 1.98. The van der Waals surface area contributed by atoms with E-state index in [2.05, 4.69) is 4.74 Å². The van der Waals surface area contributed by atoms with Crippen molar-refractivity contribution in [1.29, 1.82) is 0 Å². The van der Waals surface area contributed by atoms with Crippen molar-refractivity contribution in [3.05, 3.63) is 34.1 Å². The maximum atomic E-state index is 12.5. The molecule has 0 bridgehead atoms. The van der Waals surface area contributed by atoms with Crippen LogP contribution in [0, 0.1) is 15.9 Å². The minimum atomic E-state index is -0.766. The molecule has 0 fully saturated rings. The van der Waals surface area contributed by atoms with Gasteiger partial charge in [-0.3, -0.25) is 14.9 Å². The third-order valence-electron chi connectivity index (χ3n) is 1.29. The summed E-state index contributed by atoms with van der Waals surface area (Å²) in [5.74, 6) is -1.11. The van der Waals surface area contributed by atoms with E-state index in [0.717, 1.165) is 18.2 Å². The molecule has 0 radical (unpaired) electrons. The number of carbonyl (C=O) groups excluding carboxylic acids is 1. The highest BCUT2D eigenvalue weighted by atomic mass is 19.1. The molecule has 0 aromatic heterocycles. The molecule has 0 heterocycles. The first kappa shape index (κ1) is 9.11. The minimum absolute atomic E-state index is 0.00176. The van der Waals surface area contributed by atoms with Crippen LogP contribution in [0.25, 0.3) is 0 Å². The molecule has 0 saturated carbocycles. The highest BCUT2D eigenvalue weighted by Gasteiger charge is 2.15. The number of ether oxygens (including phenoxy) is 1. The fourth-order valence-corrected chi connectivity index (χ4v) is 0.785. The summed E-state index contributed by atoms with van der Waals surface area (Å²) >= 11 is 0. The first-order chi connectivity index (χ1) is 6.15. The zero-order valence-electron chi connectivity index (χ0n) is 6.27. The molecule has 6 heteroatoms. The summed E-state index contributed by atoms with van der Waals surface area (Å²) < 4.78 is 16.7. The molecule has 0 N–H and O–H groups in total. The Balaban J connectivity index is 3.17. The molecule has 0 aliphatic heterocycles. The first-order valence-electron chi connectivity index (χ1n) is 3.19. The Bertz CT molecular complexity index is 352. The van der Waals surface area contributed by atoms with E-state index in [1.54, 1.807) is 0 Å². The lowest BCUT2D eigenvalue weighted by molar-refractivity contribution is -0.385. The molecule has 1 aromatic carbocycles. The Morgan fingerprint density at radius 3 is 2.77 bits per heavy atom. The normalized spacial score (nSPS) is 9.31. The number of nitro benzene ring substituents is 1. The minimum Gasteiger partial charge on any atom is -0.421 e. The molecule has 0 atom stereocenters. The van der Waals surface area contributed by atoms with E-state index in [-0.39, 0.29) is 6.47 Å². The summed E-state index contributed by atoms with van der Waals surface area (Å²) in [5.41, 5.74) is -0.450. The number of nitro groups is 1. The lowest BCUT2D eigenvalue weighted by Gasteiger charge is -1.98. The number of hydrogen-bond acceptors (Lipinski definition) is 4. The molecule has 13 heavy (non-hydrogen) atoms. The van der Waals surface area contributed by atoms with Crippen LogP contribution < -0.4 is 4.74 Å². The number of benzene rings is 1. The van der Waals surface area contributed by atoms with Crippen molar-refractivity contribution in [1.82, 2.24) is 0 Å². The van der Waals surface area contributed by atoms with Crippen LogP contribution in [0.1, 0.15) is 0 Å². The molecule has 0 aliphatic rings. The van der Waals surface area contributed by atoms with E-state index in [1.807, 2.05) is 0 Å². The standard InChI is InChI=1S/C7H4FNO4/c8-5-1-2-6(9(11)12)7(3-5)13-4-10/h1-4H. The Morgan fingerprint density at radius 2 is 2.23 bits per heavy atom. The summed E-state index contributed by atoms with van der Waals surface area (Å²) in [6, 6.07) is 2.61. The summed E-state index contributed by atoms with van der Waals surface area (Å²) in [6.45, 7) is 0.00176. The van der Waals surface area contributed by atoms with Crippen molar-refractivity contribution in [2.75, 3.05) is 0 Å². The van der Waals surface area contributed by atoms with E-state index in [9.17, 15) is 19.3 Å². The van der Waals surface area contributed by atoms with E-state index >= 15 is 0 Å². The molecule has 0 aliphatic carbocycles. The maximum absolute atomic E-state index is 12.5. The largest absolute Gasteiger partial charge is 0.421 e. The van der Waals surface area contributed by atoms with Crippen molar-refractivity contribution < 1.29 is 18.8 Å². The van der Waals surface area contributed by atoms with Crippen LogP contribution in [0.3, 0.4) is 0 Å². The van der Waals surface area contributed by atoms with Gasteiger partial charge in [0.25, 0.3) is 6.47 Å². The smallest absolute Gasteiger partial charge is 0.311 e.